The van der Waals surface area contributed by atoms with E-state index >= 15 is 0 Å². The molecule has 8 heteroatoms. The minimum absolute atomic E-state index is 0.0534. The van der Waals surface area contributed by atoms with E-state index in [1.165, 1.54) is 42.7 Å². The molecule has 1 aromatic heterocycles. The molecule has 0 bridgehead atoms. The fourth-order valence-corrected chi connectivity index (χ4v) is 3.04. The first kappa shape index (κ1) is 17.0. The number of hydrogen-bond donors (Lipinski definition) is 1. The highest BCUT2D eigenvalue weighted by molar-refractivity contribution is 8.18. The number of imide groups is 1. The van der Waals surface area contributed by atoms with Gasteiger partial charge in [0.15, 0.2) is 5.76 Å². The highest BCUT2D eigenvalue weighted by atomic mass is 32.2. The number of amides is 3. The van der Waals surface area contributed by atoms with Crippen molar-refractivity contribution in [2.24, 2.45) is 0 Å². The monoisotopic (exact) mass is 360 g/mol. The lowest BCUT2D eigenvalue weighted by Crippen LogP contribution is -2.37. The van der Waals surface area contributed by atoms with Gasteiger partial charge in [-0.05, 0) is 47.7 Å². The second kappa shape index (κ2) is 7.35. The van der Waals surface area contributed by atoms with Crippen LogP contribution in [-0.2, 0) is 4.79 Å². The summed E-state index contributed by atoms with van der Waals surface area (Å²) in [6.45, 7) is 0.166. The van der Waals surface area contributed by atoms with Crippen molar-refractivity contribution in [2.75, 3.05) is 13.1 Å². The van der Waals surface area contributed by atoms with E-state index in [-0.39, 0.29) is 29.6 Å². The van der Waals surface area contributed by atoms with Crippen molar-refractivity contribution in [3.63, 3.8) is 0 Å². The Morgan fingerprint density at radius 1 is 1.24 bits per heavy atom. The molecule has 25 heavy (non-hydrogen) atoms. The topological polar surface area (TPSA) is 79.6 Å². The Bertz CT molecular complexity index is 831. The van der Waals surface area contributed by atoms with Crippen LogP contribution >= 0.6 is 11.8 Å². The number of rotatable bonds is 5. The van der Waals surface area contributed by atoms with E-state index in [1.807, 2.05) is 0 Å². The normalized spacial score (nSPS) is 15.9. The molecule has 3 amide bonds. The van der Waals surface area contributed by atoms with Gasteiger partial charge in [0.05, 0.1) is 11.2 Å². The molecule has 0 aliphatic carbocycles. The van der Waals surface area contributed by atoms with Crippen LogP contribution in [0.5, 0.6) is 0 Å². The number of benzene rings is 1. The van der Waals surface area contributed by atoms with Crippen molar-refractivity contribution < 1.29 is 23.2 Å². The van der Waals surface area contributed by atoms with Gasteiger partial charge in [-0.1, -0.05) is 12.1 Å². The number of furan rings is 1. The minimum Gasteiger partial charge on any atom is -0.459 e. The third kappa shape index (κ3) is 3.97. The summed E-state index contributed by atoms with van der Waals surface area (Å²) in [6.07, 6.45) is 2.91. The summed E-state index contributed by atoms with van der Waals surface area (Å²) < 4.78 is 17.9. The SMILES string of the molecule is O=C(NCCN1C(=O)S/C(=C/c2ccc(F)cc2)C1=O)c1ccco1. The molecular formula is C17H13FN2O4S. The molecule has 1 aliphatic rings. The molecule has 1 saturated heterocycles. The quantitative estimate of drug-likeness (QED) is 0.830. The smallest absolute Gasteiger partial charge is 0.293 e. The molecule has 128 valence electrons. The second-order valence-corrected chi connectivity index (χ2v) is 6.11. The Morgan fingerprint density at radius 3 is 2.68 bits per heavy atom. The van der Waals surface area contributed by atoms with Gasteiger partial charge in [0.2, 0.25) is 0 Å². The Balaban J connectivity index is 1.59. The van der Waals surface area contributed by atoms with Crippen LogP contribution in [0.4, 0.5) is 9.18 Å². The zero-order chi connectivity index (χ0) is 17.8. The predicted molar refractivity (Wildman–Crippen MR) is 90.1 cm³/mol. The maximum atomic E-state index is 12.9. The van der Waals surface area contributed by atoms with Crippen molar-refractivity contribution in [1.82, 2.24) is 10.2 Å². The van der Waals surface area contributed by atoms with Crippen LogP contribution in [0, 0.1) is 5.82 Å². The van der Waals surface area contributed by atoms with Crippen molar-refractivity contribution in [1.29, 1.82) is 0 Å². The van der Waals surface area contributed by atoms with Gasteiger partial charge in [0.25, 0.3) is 17.1 Å². The maximum Gasteiger partial charge on any atom is 0.293 e. The summed E-state index contributed by atoms with van der Waals surface area (Å²) in [5.74, 6) is -1.08. The van der Waals surface area contributed by atoms with Gasteiger partial charge in [-0.2, -0.15) is 0 Å². The largest absolute Gasteiger partial charge is 0.459 e. The maximum absolute atomic E-state index is 12.9. The predicted octanol–water partition coefficient (Wildman–Crippen LogP) is 2.89. The van der Waals surface area contributed by atoms with E-state index < -0.39 is 17.1 Å². The fraction of sp³-hybridized carbons (Fsp3) is 0.118. The van der Waals surface area contributed by atoms with Crippen LogP contribution in [0.1, 0.15) is 16.1 Å². The lowest BCUT2D eigenvalue weighted by Gasteiger charge is -2.12. The summed E-state index contributed by atoms with van der Waals surface area (Å²) >= 11 is 0.811. The summed E-state index contributed by atoms with van der Waals surface area (Å²) in [5.41, 5.74) is 0.623. The molecule has 1 N–H and O–H groups in total. The van der Waals surface area contributed by atoms with E-state index in [2.05, 4.69) is 5.32 Å². The average molecular weight is 360 g/mol. The van der Waals surface area contributed by atoms with Crippen LogP contribution in [0.15, 0.2) is 52.0 Å². The molecule has 2 heterocycles. The summed E-state index contributed by atoms with van der Waals surface area (Å²) in [7, 11) is 0. The first-order chi connectivity index (χ1) is 12.0. The number of carbonyl (C=O) groups excluding carboxylic acids is 3. The van der Waals surface area contributed by atoms with Crippen LogP contribution in [-0.4, -0.2) is 35.0 Å². The van der Waals surface area contributed by atoms with Gasteiger partial charge in [0.1, 0.15) is 5.82 Å². The summed E-state index contributed by atoms with van der Waals surface area (Å²) in [4.78, 5) is 37.3. The van der Waals surface area contributed by atoms with Crippen molar-refractivity contribution in [3.8, 4) is 0 Å². The average Bonchev–Trinajstić information content (AvgIpc) is 3.21. The molecular weight excluding hydrogens is 347 g/mol. The van der Waals surface area contributed by atoms with E-state index in [9.17, 15) is 18.8 Å². The van der Waals surface area contributed by atoms with Crippen molar-refractivity contribution in [2.45, 2.75) is 0 Å². The lowest BCUT2D eigenvalue weighted by molar-refractivity contribution is -0.122. The van der Waals surface area contributed by atoms with Gasteiger partial charge in [-0.25, -0.2) is 4.39 Å². The first-order valence-electron chi connectivity index (χ1n) is 7.37. The number of carbonyl (C=O) groups is 3. The van der Waals surface area contributed by atoms with Gasteiger partial charge in [-0.3, -0.25) is 19.3 Å². The van der Waals surface area contributed by atoms with Gasteiger partial charge < -0.3 is 9.73 Å². The number of thioether (sulfide) groups is 1. The van der Waals surface area contributed by atoms with Crippen molar-refractivity contribution in [3.05, 3.63) is 64.7 Å². The highest BCUT2D eigenvalue weighted by Gasteiger charge is 2.34. The molecule has 0 unspecified atom stereocenters. The van der Waals surface area contributed by atoms with Crippen LogP contribution in [0.25, 0.3) is 6.08 Å². The molecule has 2 aromatic rings. The standard InChI is InChI=1S/C17H13FN2O4S/c18-12-5-3-11(4-6-12)10-14-16(22)20(17(23)25-14)8-7-19-15(21)13-2-1-9-24-13/h1-6,9-10H,7-8H2,(H,19,21)/b14-10+. The Morgan fingerprint density at radius 2 is 2.00 bits per heavy atom. The van der Waals surface area contributed by atoms with Crippen LogP contribution in [0.3, 0.4) is 0 Å². The summed E-state index contributed by atoms with van der Waals surface area (Å²) in [5, 5.41) is 2.16. The minimum atomic E-state index is -0.438. The Labute approximate surface area is 146 Å². The molecule has 1 fully saturated rings. The van der Waals surface area contributed by atoms with E-state index in [0.717, 1.165) is 16.7 Å². The number of nitrogens with zero attached hydrogens (tertiary/aromatic N) is 1. The fourth-order valence-electron chi connectivity index (χ4n) is 2.18. The Hall–Kier alpha value is -2.87. The van der Waals surface area contributed by atoms with Gasteiger partial charge >= 0.3 is 0 Å². The highest BCUT2D eigenvalue weighted by Crippen LogP contribution is 2.31. The van der Waals surface area contributed by atoms with Crippen molar-refractivity contribution >= 4 is 34.9 Å². The third-order valence-corrected chi connectivity index (χ3v) is 4.31. The van der Waals surface area contributed by atoms with Gasteiger partial charge in [0, 0.05) is 13.1 Å². The van der Waals surface area contributed by atoms with E-state index in [1.54, 1.807) is 6.07 Å². The number of halogens is 1. The lowest BCUT2D eigenvalue weighted by atomic mass is 10.2. The van der Waals surface area contributed by atoms with Crippen LogP contribution < -0.4 is 5.32 Å². The molecule has 0 radical (unpaired) electrons. The zero-order valence-corrected chi connectivity index (χ0v) is 13.7. The number of nitrogens with one attached hydrogen (secondary N) is 1. The van der Waals surface area contributed by atoms with E-state index in [4.69, 9.17) is 4.42 Å². The molecule has 3 rings (SSSR count). The van der Waals surface area contributed by atoms with Gasteiger partial charge in [-0.15, -0.1) is 0 Å². The summed E-state index contributed by atoms with van der Waals surface area (Å²) in [6, 6.07) is 8.70. The molecule has 1 aliphatic heterocycles. The van der Waals surface area contributed by atoms with E-state index in [0.29, 0.717) is 5.56 Å². The molecule has 0 saturated carbocycles. The molecule has 6 nitrogen and oxygen atoms in total. The zero-order valence-electron chi connectivity index (χ0n) is 12.9. The molecule has 0 spiro atoms. The second-order valence-electron chi connectivity index (χ2n) is 5.12. The third-order valence-electron chi connectivity index (χ3n) is 3.41. The Kier molecular flexibility index (Phi) is 4.99. The first-order valence-corrected chi connectivity index (χ1v) is 8.19. The molecule has 1 aromatic carbocycles. The molecule has 0 atom stereocenters. The van der Waals surface area contributed by atoms with Crippen LogP contribution in [0.2, 0.25) is 0 Å². The number of hydrogen-bond acceptors (Lipinski definition) is 5.